The zero-order chi connectivity index (χ0) is 20.8. The Morgan fingerprint density at radius 1 is 1.03 bits per heavy atom. The fourth-order valence-corrected chi connectivity index (χ4v) is 3.16. The van der Waals surface area contributed by atoms with Gasteiger partial charge < -0.3 is 23.8 Å². The lowest BCUT2D eigenvalue weighted by Gasteiger charge is -2.20. The Bertz CT molecular complexity index is 864. The maximum atomic E-state index is 12.5. The predicted octanol–water partition coefficient (Wildman–Crippen LogP) is 2.99. The molecule has 1 saturated heterocycles. The van der Waals surface area contributed by atoms with Crippen LogP contribution in [0, 0.1) is 12.8 Å². The molecule has 0 saturated carbocycles. The normalized spacial score (nSPS) is 15.9. The second-order valence-corrected chi connectivity index (χ2v) is 6.77. The van der Waals surface area contributed by atoms with Gasteiger partial charge in [-0.2, -0.15) is 0 Å². The summed E-state index contributed by atoms with van der Waals surface area (Å²) < 4.78 is 21.4. The molecular formula is C22H25NO6. The van der Waals surface area contributed by atoms with Crippen molar-refractivity contribution in [3.63, 3.8) is 0 Å². The average Bonchev–Trinajstić information content (AvgIpc) is 3.13. The number of amides is 1. The van der Waals surface area contributed by atoms with Gasteiger partial charge >= 0.3 is 5.97 Å². The van der Waals surface area contributed by atoms with Gasteiger partial charge in [-0.3, -0.25) is 9.59 Å². The molecular weight excluding hydrogens is 374 g/mol. The van der Waals surface area contributed by atoms with Crippen LogP contribution in [0.2, 0.25) is 0 Å². The highest BCUT2D eigenvalue weighted by Gasteiger charge is 2.37. The number of benzene rings is 2. The van der Waals surface area contributed by atoms with Crippen molar-refractivity contribution in [3.05, 3.63) is 48.0 Å². The maximum Gasteiger partial charge on any atom is 0.311 e. The van der Waals surface area contributed by atoms with E-state index in [0.29, 0.717) is 17.2 Å². The van der Waals surface area contributed by atoms with E-state index in [9.17, 15) is 9.59 Å². The molecule has 2 aromatic rings. The van der Waals surface area contributed by atoms with Crippen molar-refractivity contribution in [1.29, 1.82) is 0 Å². The first kappa shape index (κ1) is 20.5. The lowest BCUT2D eigenvalue weighted by atomic mass is 10.1. The summed E-state index contributed by atoms with van der Waals surface area (Å²) >= 11 is 0. The molecule has 1 aliphatic rings. The number of carbonyl (C=O) groups is 2. The summed E-state index contributed by atoms with van der Waals surface area (Å²) in [7, 11) is 3.09. The van der Waals surface area contributed by atoms with Gasteiger partial charge in [0.2, 0.25) is 5.91 Å². The minimum atomic E-state index is -0.520. The monoisotopic (exact) mass is 399 g/mol. The first-order valence-electron chi connectivity index (χ1n) is 9.40. The van der Waals surface area contributed by atoms with Gasteiger partial charge in [-0.05, 0) is 31.2 Å². The summed E-state index contributed by atoms with van der Waals surface area (Å²) in [4.78, 5) is 26.4. The predicted molar refractivity (Wildman–Crippen MR) is 108 cm³/mol. The molecule has 7 heteroatoms. The van der Waals surface area contributed by atoms with Crippen LogP contribution in [0.25, 0.3) is 0 Å². The first-order chi connectivity index (χ1) is 14.0. The summed E-state index contributed by atoms with van der Waals surface area (Å²) in [6.45, 7) is 2.63. The fraction of sp³-hybridized carbons (Fsp3) is 0.364. The smallest absolute Gasteiger partial charge is 0.311 e. The third kappa shape index (κ3) is 4.99. The Balaban J connectivity index is 1.53. The summed E-state index contributed by atoms with van der Waals surface area (Å²) in [5, 5.41) is 0. The molecule has 2 aromatic carbocycles. The number of hydrogen-bond donors (Lipinski definition) is 0. The fourth-order valence-electron chi connectivity index (χ4n) is 3.16. The minimum absolute atomic E-state index is 0.104. The molecule has 0 spiro atoms. The molecule has 154 valence electrons. The van der Waals surface area contributed by atoms with E-state index in [4.69, 9.17) is 18.9 Å². The number of aryl methyl sites for hydroxylation is 1. The van der Waals surface area contributed by atoms with Gasteiger partial charge in [0.25, 0.3) is 0 Å². The quantitative estimate of drug-likeness (QED) is 0.502. The number of nitrogens with zero attached hydrogens (tertiary/aromatic N) is 1. The van der Waals surface area contributed by atoms with E-state index in [-0.39, 0.29) is 32.1 Å². The highest BCUT2D eigenvalue weighted by atomic mass is 16.6. The van der Waals surface area contributed by atoms with Gasteiger partial charge in [-0.1, -0.05) is 17.7 Å². The number of esters is 1. The van der Waals surface area contributed by atoms with Crippen molar-refractivity contribution >= 4 is 17.6 Å². The van der Waals surface area contributed by atoms with Crippen LogP contribution >= 0.6 is 0 Å². The van der Waals surface area contributed by atoms with E-state index >= 15 is 0 Å². The van der Waals surface area contributed by atoms with E-state index in [1.54, 1.807) is 30.2 Å². The topological polar surface area (TPSA) is 74.3 Å². The lowest BCUT2D eigenvalue weighted by Crippen LogP contribution is -2.27. The molecule has 1 aliphatic heterocycles. The van der Waals surface area contributed by atoms with Gasteiger partial charge in [0.05, 0.1) is 25.8 Å². The number of hydrogen-bond acceptors (Lipinski definition) is 6. The standard InChI is InChI=1S/C22H25NO6/c1-15-4-6-17(7-5-15)28-10-11-29-22(25)16-12-21(24)23(14-16)19-9-8-18(26-2)13-20(19)27-3/h4-9,13,16H,10-12,14H2,1-3H3/t16-/m0/s1. The molecule has 0 N–H and O–H groups in total. The Labute approximate surface area is 170 Å². The molecule has 0 aromatic heterocycles. The van der Waals surface area contributed by atoms with Gasteiger partial charge in [0.1, 0.15) is 30.5 Å². The molecule has 29 heavy (non-hydrogen) atoms. The number of ether oxygens (including phenoxy) is 4. The summed E-state index contributed by atoms with van der Waals surface area (Å²) in [5.74, 6) is 0.793. The van der Waals surface area contributed by atoms with Gasteiger partial charge in [0.15, 0.2) is 0 Å². The SMILES string of the molecule is COc1ccc(N2C[C@@H](C(=O)OCCOc3ccc(C)cc3)CC2=O)c(OC)c1. The minimum Gasteiger partial charge on any atom is -0.497 e. The lowest BCUT2D eigenvalue weighted by molar-refractivity contribution is -0.149. The molecule has 7 nitrogen and oxygen atoms in total. The van der Waals surface area contributed by atoms with Crippen LogP contribution in [0.3, 0.4) is 0 Å². The maximum absolute atomic E-state index is 12.5. The largest absolute Gasteiger partial charge is 0.497 e. The average molecular weight is 399 g/mol. The van der Waals surface area contributed by atoms with Crippen molar-refractivity contribution in [1.82, 2.24) is 0 Å². The van der Waals surface area contributed by atoms with Crippen molar-refractivity contribution in [2.75, 3.05) is 38.9 Å². The van der Waals surface area contributed by atoms with Crippen molar-refractivity contribution in [2.45, 2.75) is 13.3 Å². The second-order valence-electron chi connectivity index (χ2n) is 6.77. The van der Waals surface area contributed by atoms with E-state index in [1.165, 1.54) is 7.11 Å². The number of carbonyl (C=O) groups excluding carboxylic acids is 2. The highest BCUT2D eigenvalue weighted by molar-refractivity contribution is 6.00. The van der Waals surface area contributed by atoms with E-state index in [2.05, 4.69) is 0 Å². The molecule has 1 fully saturated rings. The zero-order valence-electron chi connectivity index (χ0n) is 16.8. The van der Waals surface area contributed by atoms with Crippen LogP contribution in [0.1, 0.15) is 12.0 Å². The number of anilines is 1. The van der Waals surface area contributed by atoms with Crippen LogP contribution in [-0.2, 0) is 14.3 Å². The van der Waals surface area contributed by atoms with Crippen molar-refractivity contribution in [2.24, 2.45) is 5.92 Å². The molecule has 0 bridgehead atoms. The van der Waals surface area contributed by atoms with Gasteiger partial charge in [-0.25, -0.2) is 0 Å². The number of rotatable bonds is 8. The molecule has 1 amide bonds. The van der Waals surface area contributed by atoms with E-state index < -0.39 is 11.9 Å². The third-order valence-electron chi connectivity index (χ3n) is 4.75. The zero-order valence-corrected chi connectivity index (χ0v) is 16.8. The summed E-state index contributed by atoms with van der Waals surface area (Å²) in [5.41, 5.74) is 1.75. The van der Waals surface area contributed by atoms with Crippen LogP contribution in [0.4, 0.5) is 5.69 Å². The molecule has 1 heterocycles. The Morgan fingerprint density at radius 3 is 2.45 bits per heavy atom. The molecule has 1 atom stereocenters. The molecule has 0 radical (unpaired) electrons. The molecule has 3 rings (SSSR count). The second kappa shape index (κ2) is 9.32. The first-order valence-corrected chi connectivity index (χ1v) is 9.40. The van der Waals surface area contributed by atoms with Crippen LogP contribution in [0.15, 0.2) is 42.5 Å². The van der Waals surface area contributed by atoms with Gasteiger partial charge in [0, 0.05) is 19.0 Å². The molecule has 0 unspecified atom stereocenters. The van der Waals surface area contributed by atoms with E-state index in [1.807, 2.05) is 31.2 Å². The third-order valence-corrected chi connectivity index (χ3v) is 4.75. The number of methoxy groups -OCH3 is 2. The van der Waals surface area contributed by atoms with E-state index in [0.717, 1.165) is 11.3 Å². The van der Waals surface area contributed by atoms with Crippen molar-refractivity contribution in [3.8, 4) is 17.2 Å². The Hall–Kier alpha value is -3.22. The van der Waals surface area contributed by atoms with Crippen LogP contribution in [0.5, 0.6) is 17.2 Å². The summed E-state index contributed by atoms with van der Waals surface area (Å²) in [6, 6.07) is 12.8. The Morgan fingerprint density at radius 2 is 1.76 bits per heavy atom. The van der Waals surface area contributed by atoms with Crippen LogP contribution in [-0.4, -0.2) is 45.9 Å². The van der Waals surface area contributed by atoms with Crippen molar-refractivity contribution < 1.29 is 28.5 Å². The van der Waals surface area contributed by atoms with Crippen LogP contribution < -0.4 is 19.1 Å². The summed E-state index contributed by atoms with van der Waals surface area (Å²) in [6.07, 6.45) is 0.104. The Kier molecular flexibility index (Phi) is 6.59. The van der Waals surface area contributed by atoms with Gasteiger partial charge in [-0.15, -0.1) is 0 Å². The highest BCUT2D eigenvalue weighted by Crippen LogP contribution is 2.36. The molecule has 0 aliphatic carbocycles.